The van der Waals surface area contributed by atoms with Crippen LogP contribution in [0.3, 0.4) is 0 Å². The Balaban J connectivity index is 3.23. The Morgan fingerprint density at radius 3 is 1.70 bits per heavy atom. The minimum absolute atomic E-state index is 0.214. The molecule has 0 saturated heterocycles. The number of nitrogens with zero attached hydrogens (tertiary/aromatic N) is 4. The normalized spacial score (nSPS) is 10.9. The second-order valence-corrected chi connectivity index (χ2v) is 3.46. The fraction of sp³-hybridized carbons (Fsp3) is 0.167. The second-order valence-electron chi connectivity index (χ2n) is 3.46. The third-order valence-electron chi connectivity index (χ3n) is 2.14. The zero-order valence-corrected chi connectivity index (χ0v) is 11.0. The van der Waals surface area contributed by atoms with Crippen molar-refractivity contribution in [1.82, 2.24) is 0 Å². The van der Waals surface area contributed by atoms with Crippen LogP contribution in [0.1, 0.15) is 13.8 Å². The molecule has 8 nitrogen and oxygen atoms in total. The molecule has 0 aliphatic heterocycles. The first-order valence-electron chi connectivity index (χ1n) is 5.64. The van der Waals surface area contributed by atoms with Gasteiger partial charge in [0.05, 0.1) is 11.4 Å². The van der Waals surface area contributed by atoms with Gasteiger partial charge in [-0.25, -0.2) is 9.59 Å². The van der Waals surface area contributed by atoms with Crippen molar-refractivity contribution in [3.8, 4) is 0 Å². The van der Waals surface area contributed by atoms with Crippen molar-refractivity contribution in [2.24, 2.45) is 10.2 Å². The third-order valence-corrected chi connectivity index (χ3v) is 2.14. The van der Waals surface area contributed by atoms with Gasteiger partial charge in [-0.15, -0.1) is 0 Å². The Hall–Kier alpha value is -2.90. The van der Waals surface area contributed by atoms with Gasteiger partial charge in [-0.1, -0.05) is 6.07 Å². The highest BCUT2D eigenvalue weighted by atomic mass is 16.4. The first-order valence-corrected chi connectivity index (χ1v) is 5.64. The van der Waals surface area contributed by atoms with Crippen molar-refractivity contribution in [2.45, 2.75) is 13.8 Å². The lowest BCUT2D eigenvalue weighted by molar-refractivity contribution is 0.201. The van der Waals surface area contributed by atoms with Crippen LogP contribution in [0.4, 0.5) is 21.0 Å². The predicted molar refractivity (Wildman–Crippen MR) is 75.8 cm³/mol. The van der Waals surface area contributed by atoms with Crippen molar-refractivity contribution < 1.29 is 19.8 Å². The van der Waals surface area contributed by atoms with Crippen molar-refractivity contribution in [3.05, 3.63) is 24.3 Å². The molecule has 1 rings (SSSR count). The largest absolute Gasteiger partial charge is 0.463 e. The molecule has 2 N–H and O–H groups in total. The van der Waals surface area contributed by atoms with Crippen LogP contribution in [0, 0.1) is 0 Å². The molecule has 0 aliphatic rings. The first-order chi connectivity index (χ1) is 9.51. The van der Waals surface area contributed by atoms with E-state index in [1.54, 1.807) is 13.8 Å². The molecule has 0 unspecified atom stereocenters. The Bertz CT molecular complexity index is 511. The smallest absolute Gasteiger partial charge is 0.432 e. The number of carbonyl (C=O) groups is 2. The van der Waals surface area contributed by atoms with Crippen LogP contribution in [0.2, 0.25) is 0 Å². The lowest BCUT2D eigenvalue weighted by Crippen LogP contribution is -2.25. The topological polar surface area (TPSA) is 106 Å². The molecule has 2 amide bonds. The molecule has 106 valence electrons. The van der Waals surface area contributed by atoms with E-state index in [1.165, 1.54) is 36.7 Å². The molecule has 0 bridgehead atoms. The Morgan fingerprint density at radius 1 is 1.00 bits per heavy atom. The molecular weight excluding hydrogens is 264 g/mol. The van der Waals surface area contributed by atoms with E-state index in [0.717, 1.165) is 10.0 Å². The number of anilines is 2. The van der Waals surface area contributed by atoms with Crippen LogP contribution in [-0.4, -0.2) is 34.8 Å². The molecule has 0 spiro atoms. The summed E-state index contributed by atoms with van der Waals surface area (Å²) in [6.07, 6.45) is 0.0853. The lowest BCUT2D eigenvalue weighted by Gasteiger charge is -2.17. The minimum Gasteiger partial charge on any atom is -0.463 e. The van der Waals surface area contributed by atoms with E-state index in [4.69, 9.17) is 10.2 Å². The molecule has 1 aromatic rings. The van der Waals surface area contributed by atoms with Crippen molar-refractivity contribution in [1.29, 1.82) is 0 Å². The van der Waals surface area contributed by atoms with Crippen LogP contribution in [0.15, 0.2) is 34.5 Å². The monoisotopic (exact) mass is 278 g/mol. The molecule has 8 heteroatoms. The average Bonchev–Trinajstić information content (AvgIpc) is 2.41. The molecule has 0 radical (unpaired) electrons. The van der Waals surface area contributed by atoms with Crippen LogP contribution in [-0.2, 0) is 0 Å². The van der Waals surface area contributed by atoms with Crippen LogP contribution in [0.5, 0.6) is 0 Å². The predicted octanol–water partition coefficient (Wildman–Crippen LogP) is 2.67. The number of amides is 2. The summed E-state index contributed by atoms with van der Waals surface area (Å²) in [7, 11) is 0. The molecule has 0 saturated carbocycles. The SMILES string of the molecule is CC=NN(C(=O)O)c1cccc(N(N=CC)C(=O)O)c1. The maximum absolute atomic E-state index is 11.1. The molecule has 0 aromatic heterocycles. The highest BCUT2D eigenvalue weighted by molar-refractivity contribution is 5.90. The van der Waals surface area contributed by atoms with Gasteiger partial charge in [-0.3, -0.25) is 0 Å². The summed E-state index contributed by atoms with van der Waals surface area (Å²) in [6, 6.07) is 5.88. The maximum atomic E-state index is 11.1. The molecule has 0 fully saturated rings. The van der Waals surface area contributed by atoms with Crippen molar-refractivity contribution in [3.63, 3.8) is 0 Å². The van der Waals surface area contributed by atoms with Gasteiger partial charge in [0.2, 0.25) is 0 Å². The number of carboxylic acid groups (broad SMARTS) is 2. The van der Waals surface area contributed by atoms with Gasteiger partial charge in [-0.2, -0.15) is 20.2 Å². The molecule has 20 heavy (non-hydrogen) atoms. The summed E-state index contributed by atoms with van der Waals surface area (Å²) in [5, 5.41) is 27.0. The second kappa shape index (κ2) is 6.88. The zero-order chi connectivity index (χ0) is 15.1. The van der Waals surface area contributed by atoms with Crippen LogP contribution >= 0.6 is 0 Å². The van der Waals surface area contributed by atoms with Gasteiger partial charge in [0.1, 0.15) is 0 Å². The van der Waals surface area contributed by atoms with Crippen molar-refractivity contribution in [2.75, 3.05) is 10.0 Å². The third kappa shape index (κ3) is 3.55. The summed E-state index contributed by atoms with van der Waals surface area (Å²) < 4.78 is 0. The molecule has 1 aromatic carbocycles. The van der Waals surface area contributed by atoms with E-state index in [0.29, 0.717) is 0 Å². The number of hydrazone groups is 2. The summed E-state index contributed by atoms with van der Waals surface area (Å²) in [5.74, 6) is 0. The molecule has 0 heterocycles. The summed E-state index contributed by atoms with van der Waals surface area (Å²) in [5.41, 5.74) is 0.427. The van der Waals surface area contributed by atoms with Gasteiger partial charge in [-0.05, 0) is 32.0 Å². The van der Waals surface area contributed by atoms with Gasteiger partial charge in [0, 0.05) is 12.4 Å². The Labute approximate surface area is 115 Å². The fourth-order valence-electron chi connectivity index (χ4n) is 1.44. The van der Waals surface area contributed by atoms with Crippen molar-refractivity contribution >= 4 is 36.0 Å². The first kappa shape index (κ1) is 15.2. The van der Waals surface area contributed by atoms with Gasteiger partial charge >= 0.3 is 12.2 Å². The summed E-state index contributed by atoms with van der Waals surface area (Å²) >= 11 is 0. The average molecular weight is 278 g/mol. The van der Waals surface area contributed by atoms with E-state index in [9.17, 15) is 9.59 Å². The van der Waals surface area contributed by atoms with E-state index >= 15 is 0 Å². The van der Waals surface area contributed by atoms with E-state index in [-0.39, 0.29) is 11.4 Å². The molecule has 0 aliphatic carbocycles. The number of benzene rings is 1. The minimum atomic E-state index is -1.28. The van der Waals surface area contributed by atoms with Crippen LogP contribution < -0.4 is 10.0 Å². The summed E-state index contributed by atoms with van der Waals surface area (Å²) in [4.78, 5) is 22.2. The molecular formula is C12H14N4O4. The standard InChI is InChI=1S/C12H14N4O4/c1-3-13-15(11(17)18)9-6-5-7-10(8-9)16(12(19)20)14-4-2/h3-8H,1-2H3,(H,17,18)(H,19,20). The Morgan fingerprint density at radius 2 is 1.40 bits per heavy atom. The quantitative estimate of drug-likeness (QED) is 0.652. The molecule has 0 atom stereocenters. The Kier molecular flexibility index (Phi) is 5.21. The van der Waals surface area contributed by atoms with Gasteiger partial charge < -0.3 is 10.2 Å². The van der Waals surface area contributed by atoms with E-state index < -0.39 is 12.2 Å². The lowest BCUT2D eigenvalue weighted by atomic mass is 10.2. The summed E-state index contributed by atoms with van der Waals surface area (Å²) in [6.45, 7) is 3.15. The highest BCUT2D eigenvalue weighted by Crippen LogP contribution is 2.23. The number of rotatable bonds is 4. The zero-order valence-electron chi connectivity index (χ0n) is 11.0. The van der Waals surface area contributed by atoms with E-state index in [1.807, 2.05) is 0 Å². The van der Waals surface area contributed by atoms with Crippen LogP contribution in [0.25, 0.3) is 0 Å². The highest BCUT2D eigenvalue weighted by Gasteiger charge is 2.17. The fourth-order valence-corrected chi connectivity index (χ4v) is 1.44. The number of hydrogen-bond acceptors (Lipinski definition) is 4. The van der Waals surface area contributed by atoms with Gasteiger partial charge in [0.15, 0.2) is 0 Å². The van der Waals surface area contributed by atoms with E-state index in [2.05, 4.69) is 10.2 Å². The van der Waals surface area contributed by atoms with Gasteiger partial charge in [0.25, 0.3) is 0 Å². The maximum Gasteiger partial charge on any atom is 0.432 e. The number of hydrogen-bond donors (Lipinski definition) is 2.